The third kappa shape index (κ3) is 2.86. The molecule has 0 fully saturated rings. The molecule has 0 unspecified atom stereocenters. The fourth-order valence-electron chi connectivity index (χ4n) is 0.984. The zero-order valence-corrected chi connectivity index (χ0v) is 6.71. The highest BCUT2D eigenvalue weighted by Crippen LogP contribution is 2.13. The van der Waals surface area contributed by atoms with Crippen LogP contribution in [0.2, 0.25) is 0 Å². The van der Waals surface area contributed by atoms with Gasteiger partial charge in [0, 0.05) is 6.61 Å². The average molecular weight is 161 g/mol. The van der Waals surface area contributed by atoms with Crippen LogP contribution in [0.1, 0.15) is 26.2 Å². The van der Waals surface area contributed by atoms with E-state index in [0.717, 1.165) is 0 Å². The Hall–Kier alpha value is -0.610. The van der Waals surface area contributed by atoms with Gasteiger partial charge in [0.1, 0.15) is 5.54 Å². The predicted molar refractivity (Wildman–Crippen MR) is 41.2 cm³/mol. The van der Waals surface area contributed by atoms with Gasteiger partial charge >= 0.3 is 5.97 Å². The lowest BCUT2D eigenvalue weighted by molar-refractivity contribution is -0.144. The first-order chi connectivity index (χ1) is 5.06. The molecule has 0 radical (unpaired) electrons. The van der Waals surface area contributed by atoms with Crippen molar-refractivity contribution in [1.29, 1.82) is 0 Å². The molecule has 0 aliphatic rings. The fraction of sp³-hybridized carbons (Fsp3) is 0.857. The van der Waals surface area contributed by atoms with Crippen LogP contribution in [0.4, 0.5) is 0 Å². The maximum atomic E-state index is 10.6. The van der Waals surface area contributed by atoms with Crippen LogP contribution in [0.5, 0.6) is 0 Å². The van der Waals surface area contributed by atoms with Crippen LogP contribution < -0.4 is 5.73 Å². The lowest BCUT2D eigenvalue weighted by atomic mass is 9.92. The fourth-order valence-corrected chi connectivity index (χ4v) is 0.984. The maximum Gasteiger partial charge on any atom is 0.323 e. The molecule has 0 aromatic rings. The summed E-state index contributed by atoms with van der Waals surface area (Å²) in [5, 5.41) is 17.2. The van der Waals surface area contributed by atoms with E-state index in [1.54, 1.807) is 0 Å². The van der Waals surface area contributed by atoms with Crippen molar-refractivity contribution < 1.29 is 15.0 Å². The average Bonchev–Trinajstić information content (AvgIpc) is 1.88. The van der Waals surface area contributed by atoms with E-state index in [-0.39, 0.29) is 13.0 Å². The van der Waals surface area contributed by atoms with Crippen LogP contribution in [0.3, 0.4) is 0 Å². The van der Waals surface area contributed by atoms with Gasteiger partial charge in [-0.05, 0) is 12.8 Å². The van der Waals surface area contributed by atoms with E-state index in [1.807, 2.05) is 6.92 Å². The molecule has 0 amide bonds. The quantitative estimate of drug-likeness (QED) is 0.528. The first-order valence-electron chi connectivity index (χ1n) is 3.70. The van der Waals surface area contributed by atoms with Crippen molar-refractivity contribution >= 4 is 5.97 Å². The van der Waals surface area contributed by atoms with Gasteiger partial charge in [-0.2, -0.15) is 0 Å². The molecule has 0 aliphatic carbocycles. The Morgan fingerprint density at radius 3 is 2.36 bits per heavy atom. The first kappa shape index (κ1) is 10.4. The van der Waals surface area contributed by atoms with E-state index in [1.165, 1.54) is 0 Å². The Balaban J connectivity index is 4.13. The molecule has 4 heteroatoms. The Bertz CT molecular complexity index is 130. The number of carbonyl (C=O) groups is 1. The van der Waals surface area contributed by atoms with Gasteiger partial charge in [0.25, 0.3) is 0 Å². The summed E-state index contributed by atoms with van der Waals surface area (Å²) in [7, 11) is 0. The largest absolute Gasteiger partial charge is 0.480 e. The molecule has 66 valence electrons. The standard InChI is InChI=1S/C7H15NO3/c1-2-3-7(8,4-5-9)6(10)11/h9H,2-5,8H2,1H3,(H,10,11)/t7-/m0/s1. The Morgan fingerprint density at radius 2 is 2.09 bits per heavy atom. The van der Waals surface area contributed by atoms with Crippen molar-refractivity contribution in [2.24, 2.45) is 5.73 Å². The molecular formula is C7H15NO3. The third-order valence-electron chi connectivity index (χ3n) is 1.68. The van der Waals surface area contributed by atoms with Crippen LogP contribution >= 0.6 is 0 Å². The number of nitrogens with two attached hydrogens (primary N) is 1. The molecular weight excluding hydrogens is 146 g/mol. The number of aliphatic hydroxyl groups excluding tert-OH is 1. The second-order valence-corrected chi connectivity index (χ2v) is 2.68. The minimum absolute atomic E-state index is 0.121. The molecule has 0 bridgehead atoms. The minimum atomic E-state index is -1.23. The molecule has 0 aromatic heterocycles. The Kier molecular flexibility index (Phi) is 4.07. The summed E-state index contributed by atoms with van der Waals surface area (Å²) in [4.78, 5) is 10.6. The summed E-state index contributed by atoms with van der Waals surface area (Å²) in [5.41, 5.74) is 4.27. The number of carboxylic acid groups (broad SMARTS) is 1. The van der Waals surface area contributed by atoms with Gasteiger partial charge in [0.2, 0.25) is 0 Å². The molecule has 4 nitrogen and oxygen atoms in total. The van der Waals surface area contributed by atoms with Crippen LogP contribution in [0.25, 0.3) is 0 Å². The number of aliphatic carboxylic acids is 1. The maximum absolute atomic E-state index is 10.6. The van der Waals surface area contributed by atoms with E-state index in [2.05, 4.69) is 0 Å². The first-order valence-corrected chi connectivity index (χ1v) is 3.70. The summed E-state index contributed by atoms with van der Waals surface area (Å²) in [5.74, 6) is -1.03. The number of hydrogen-bond donors (Lipinski definition) is 3. The van der Waals surface area contributed by atoms with Gasteiger partial charge in [0.15, 0.2) is 0 Å². The van der Waals surface area contributed by atoms with E-state index >= 15 is 0 Å². The third-order valence-corrected chi connectivity index (χ3v) is 1.68. The Morgan fingerprint density at radius 1 is 1.55 bits per heavy atom. The molecule has 0 heterocycles. The van der Waals surface area contributed by atoms with E-state index in [4.69, 9.17) is 15.9 Å². The van der Waals surface area contributed by atoms with Gasteiger partial charge < -0.3 is 15.9 Å². The molecule has 0 saturated carbocycles. The van der Waals surface area contributed by atoms with E-state index < -0.39 is 11.5 Å². The zero-order chi connectivity index (χ0) is 8.91. The van der Waals surface area contributed by atoms with Gasteiger partial charge in [-0.25, -0.2) is 0 Å². The van der Waals surface area contributed by atoms with Crippen LogP contribution in [0.15, 0.2) is 0 Å². The summed E-state index contributed by atoms with van der Waals surface area (Å²) < 4.78 is 0. The van der Waals surface area contributed by atoms with Crippen LogP contribution in [0, 0.1) is 0 Å². The summed E-state index contributed by atoms with van der Waals surface area (Å²) >= 11 is 0. The lowest BCUT2D eigenvalue weighted by Crippen LogP contribution is -2.48. The lowest BCUT2D eigenvalue weighted by Gasteiger charge is -2.22. The van der Waals surface area contributed by atoms with E-state index in [0.29, 0.717) is 12.8 Å². The molecule has 0 rings (SSSR count). The van der Waals surface area contributed by atoms with Crippen molar-refractivity contribution in [2.45, 2.75) is 31.7 Å². The van der Waals surface area contributed by atoms with Crippen molar-refractivity contribution in [2.75, 3.05) is 6.61 Å². The molecule has 0 saturated heterocycles. The molecule has 1 atom stereocenters. The Labute approximate surface area is 66.0 Å². The van der Waals surface area contributed by atoms with Gasteiger partial charge in [0.05, 0.1) is 0 Å². The molecule has 0 spiro atoms. The SMILES string of the molecule is CCC[C@](N)(CCO)C(=O)O. The normalized spacial score (nSPS) is 15.9. The predicted octanol–water partition coefficient (Wildman–Crippen LogP) is -0.0490. The summed E-state index contributed by atoms with van der Waals surface area (Å²) in [6.45, 7) is 1.69. The molecule has 4 N–H and O–H groups in total. The monoisotopic (exact) mass is 161 g/mol. The van der Waals surface area contributed by atoms with Crippen molar-refractivity contribution in [3.05, 3.63) is 0 Å². The number of carboxylic acids is 1. The second kappa shape index (κ2) is 4.31. The highest BCUT2D eigenvalue weighted by atomic mass is 16.4. The van der Waals surface area contributed by atoms with Crippen LogP contribution in [-0.4, -0.2) is 28.3 Å². The topological polar surface area (TPSA) is 83.5 Å². The number of aliphatic hydroxyl groups is 1. The van der Waals surface area contributed by atoms with Crippen molar-refractivity contribution in [3.8, 4) is 0 Å². The van der Waals surface area contributed by atoms with E-state index in [9.17, 15) is 4.79 Å². The van der Waals surface area contributed by atoms with Crippen molar-refractivity contribution in [1.82, 2.24) is 0 Å². The number of hydrogen-bond acceptors (Lipinski definition) is 3. The molecule has 0 aliphatic heterocycles. The smallest absolute Gasteiger partial charge is 0.323 e. The molecule has 11 heavy (non-hydrogen) atoms. The summed E-state index contributed by atoms with van der Waals surface area (Å²) in [6, 6.07) is 0. The zero-order valence-electron chi connectivity index (χ0n) is 6.71. The highest BCUT2D eigenvalue weighted by Gasteiger charge is 2.31. The van der Waals surface area contributed by atoms with Gasteiger partial charge in [-0.15, -0.1) is 0 Å². The number of rotatable bonds is 5. The van der Waals surface area contributed by atoms with Gasteiger partial charge in [-0.3, -0.25) is 4.79 Å². The van der Waals surface area contributed by atoms with Crippen molar-refractivity contribution in [3.63, 3.8) is 0 Å². The minimum Gasteiger partial charge on any atom is -0.480 e. The molecule has 0 aromatic carbocycles. The van der Waals surface area contributed by atoms with Crippen LogP contribution in [-0.2, 0) is 4.79 Å². The highest BCUT2D eigenvalue weighted by molar-refractivity contribution is 5.78. The second-order valence-electron chi connectivity index (χ2n) is 2.68. The summed E-state index contributed by atoms with van der Waals surface area (Å²) in [6.07, 6.45) is 1.24. The van der Waals surface area contributed by atoms with Gasteiger partial charge in [-0.1, -0.05) is 13.3 Å².